The van der Waals surface area contributed by atoms with Gasteiger partial charge in [-0.05, 0) is 71.0 Å². The molecule has 2 unspecified atom stereocenters. The number of rotatable bonds is 5. The second-order valence-corrected chi connectivity index (χ2v) is 7.51. The van der Waals surface area contributed by atoms with Crippen LogP contribution < -0.4 is 10.6 Å². The van der Waals surface area contributed by atoms with Crippen LogP contribution in [0.5, 0.6) is 0 Å². The molecule has 3 amide bonds. The molecule has 2 aliphatic rings. The molecular weight excluding hydrogens is 304 g/mol. The lowest BCUT2D eigenvalue weighted by molar-refractivity contribution is -0.125. The molecule has 0 aliphatic carbocycles. The molecule has 2 atom stereocenters. The lowest BCUT2D eigenvalue weighted by atomic mass is 9.93. The molecule has 2 N–H and O–H groups in total. The van der Waals surface area contributed by atoms with Crippen LogP contribution in [0.25, 0.3) is 0 Å². The Kier molecular flexibility index (Phi) is 7.49. The summed E-state index contributed by atoms with van der Waals surface area (Å²) >= 11 is 0. The summed E-state index contributed by atoms with van der Waals surface area (Å²) in [5, 5.41) is 5.04. The van der Waals surface area contributed by atoms with Gasteiger partial charge in [0, 0.05) is 19.6 Å². The van der Waals surface area contributed by atoms with Crippen molar-refractivity contribution in [3.8, 4) is 0 Å². The number of nitrogens with one attached hydrogen (secondary N) is 2. The first kappa shape index (κ1) is 19.2. The molecule has 6 nitrogen and oxygen atoms in total. The predicted molar refractivity (Wildman–Crippen MR) is 95.8 cm³/mol. The minimum atomic E-state index is -0.398. The van der Waals surface area contributed by atoms with Crippen molar-refractivity contribution in [1.82, 2.24) is 20.4 Å². The summed E-state index contributed by atoms with van der Waals surface area (Å²) in [6.45, 7) is 12.1. The van der Waals surface area contributed by atoms with E-state index in [4.69, 9.17) is 0 Å². The van der Waals surface area contributed by atoms with E-state index in [0.717, 1.165) is 32.0 Å². The summed E-state index contributed by atoms with van der Waals surface area (Å²) in [5.74, 6) is 1.29. The van der Waals surface area contributed by atoms with Crippen molar-refractivity contribution in [1.29, 1.82) is 0 Å². The van der Waals surface area contributed by atoms with Crippen molar-refractivity contribution >= 4 is 11.9 Å². The fourth-order valence-corrected chi connectivity index (χ4v) is 3.79. The van der Waals surface area contributed by atoms with Crippen LogP contribution in [0.1, 0.15) is 46.5 Å². The highest BCUT2D eigenvalue weighted by Gasteiger charge is 2.29. The van der Waals surface area contributed by atoms with E-state index in [1.165, 1.54) is 32.4 Å². The van der Waals surface area contributed by atoms with Gasteiger partial charge in [-0.2, -0.15) is 0 Å². The predicted octanol–water partition coefficient (Wildman–Crippen LogP) is 1.66. The number of carbonyl (C=O) groups excluding carboxylic acids is 2. The number of amides is 3. The van der Waals surface area contributed by atoms with E-state index in [-0.39, 0.29) is 11.9 Å². The first-order chi connectivity index (χ1) is 11.5. The first-order valence-electron chi connectivity index (χ1n) is 9.54. The molecule has 2 rings (SSSR count). The molecule has 0 aromatic carbocycles. The number of nitrogens with zero attached hydrogens (tertiary/aromatic N) is 2. The molecule has 0 saturated carbocycles. The van der Waals surface area contributed by atoms with Gasteiger partial charge in [0.05, 0.1) is 6.04 Å². The molecule has 138 valence electrons. The number of hydrogen-bond donors (Lipinski definition) is 2. The Labute approximate surface area is 146 Å². The molecule has 6 heteroatoms. The van der Waals surface area contributed by atoms with Gasteiger partial charge in [0.25, 0.3) is 0 Å². The van der Waals surface area contributed by atoms with Crippen LogP contribution in [0.15, 0.2) is 0 Å². The molecule has 2 aliphatic heterocycles. The summed E-state index contributed by atoms with van der Waals surface area (Å²) in [5.41, 5.74) is 0. The maximum Gasteiger partial charge on any atom is 0.321 e. The first-order valence-corrected chi connectivity index (χ1v) is 9.54. The Bertz CT molecular complexity index is 421. The van der Waals surface area contributed by atoms with E-state index in [2.05, 4.69) is 27.4 Å². The van der Waals surface area contributed by atoms with Gasteiger partial charge in [-0.15, -0.1) is 0 Å². The fraction of sp³-hybridized carbons (Fsp3) is 0.889. The zero-order valence-electron chi connectivity index (χ0n) is 15.5. The molecule has 2 fully saturated rings. The van der Waals surface area contributed by atoms with Gasteiger partial charge in [0.15, 0.2) is 0 Å². The van der Waals surface area contributed by atoms with E-state index in [9.17, 15) is 9.59 Å². The quantitative estimate of drug-likeness (QED) is 0.800. The minimum Gasteiger partial charge on any atom is -0.338 e. The van der Waals surface area contributed by atoms with Gasteiger partial charge in [-0.25, -0.2) is 4.79 Å². The second kappa shape index (κ2) is 9.37. The molecular formula is C18H34N4O2. The molecule has 24 heavy (non-hydrogen) atoms. The Morgan fingerprint density at radius 3 is 2.54 bits per heavy atom. The summed E-state index contributed by atoms with van der Waals surface area (Å²) in [6.07, 6.45) is 4.99. The lowest BCUT2D eigenvalue weighted by Gasteiger charge is -2.39. The van der Waals surface area contributed by atoms with Gasteiger partial charge < -0.3 is 10.2 Å². The van der Waals surface area contributed by atoms with Crippen LogP contribution in [0.3, 0.4) is 0 Å². The standard InChI is InChI=1S/C18H34N4O2/c1-4-19-18(24)20-17(23)15(3)22-9-5-6-16(13-22)12-21-10-7-14(2)8-11-21/h14-16H,4-13H2,1-3H3,(H2,19,20,23,24). The molecule has 2 saturated heterocycles. The second-order valence-electron chi connectivity index (χ2n) is 7.51. The van der Waals surface area contributed by atoms with Crippen LogP contribution in [-0.4, -0.2) is 67.0 Å². The highest BCUT2D eigenvalue weighted by molar-refractivity contribution is 5.96. The molecule has 2 heterocycles. The largest absolute Gasteiger partial charge is 0.338 e. The zero-order chi connectivity index (χ0) is 17.5. The summed E-state index contributed by atoms with van der Waals surface area (Å²) in [6, 6.07) is -0.651. The van der Waals surface area contributed by atoms with Gasteiger partial charge in [0.1, 0.15) is 0 Å². The van der Waals surface area contributed by atoms with Crippen molar-refractivity contribution in [2.24, 2.45) is 11.8 Å². The van der Waals surface area contributed by atoms with Crippen LogP contribution in [-0.2, 0) is 4.79 Å². The topological polar surface area (TPSA) is 64.7 Å². The van der Waals surface area contributed by atoms with Crippen molar-refractivity contribution < 1.29 is 9.59 Å². The highest BCUT2D eigenvalue weighted by Crippen LogP contribution is 2.22. The SMILES string of the molecule is CCNC(=O)NC(=O)C(C)N1CCCC(CN2CCC(C)CC2)C1. The minimum absolute atomic E-state index is 0.201. The van der Waals surface area contributed by atoms with Gasteiger partial charge >= 0.3 is 6.03 Å². The third-order valence-electron chi connectivity index (χ3n) is 5.44. The Hall–Kier alpha value is -1.14. The maximum atomic E-state index is 12.2. The number of imide groups is 1. The van der Waals surface area contributed by atoms with E-state index in [1.54, 1.807) is 0 Å². The number of carbonyl (C=O) groups is 2. The molecule has 0 spiro atoms. The van der Waals surface area contributed by atoms with E-state index in [1.807, 2.05) is 13.8 Å². The summed E-state index contributed by atoms with van der Waals surface area (Å²) in [7, 11) is 0. The monoisotopic (exact) mass is 338 g/mol. The molecule has 0 aromatic rings. The molecule has 0 bridgehead atoms. The van der Waals surface area contributed by atoms with Crippen LogP contribution in [0, 0.1) is 11.8 Å². The Morgan fingerprint density at radius 2 is 1.88 bits per heavy atom. The van der Waals surface area contributed by atoms with Crippen molar-refractivity contribution in [3.05, 3.63) is 0 Å². The highest BCUT2D eigenvalue weighted by atomic mass is 16.2. The van der Waals surface area contributed by atoms with Crippen LogP contribution in [0.2, 0.25) is 0 Å². The van der Waals surface area contributed by atoms with E-state index < -0.39 is 6.03 Å². The number of hydrogen-bond acceptors (Lipinski definition) is 4. The van der Waals surface area contributed by atoms with Crippen LogP contribution in [0.4, 0.5) is 4.79 Å². The average molecular weight is 338 g/mol. The van der Waals surface area contributed by atoms with E-state index in [0.29, 0.717) is 12.5 Å². The Balaban J connectivity index is 1.79. The van der Waals surface area contributed by atoms with Crippen molar-refractivity contribution in [3.63, 3.8) is 0 Å². The third-order valence-corrected chi connectivity index (χ3v) is 5.44. The zero-order valence-corrected chi connectivity index (χ0v) is 15.5. The molecule has 0 aromatic heterocycles. The van der Waals surface area contributed by atoms with Crippen LogP contribution >= 0.6 is 0 Å². The molecule has 0 radical (unpaired) electrons. The normalized spacial score (nSPS) is 25.2. The third kappa shape index (κ3) is 5.74. The van der Waals surface area contributed by atoms with E-state index >= 15 is 0 Å². The number of urea groups is 1. The lowest BCUT2D eigenvalue weighted by Crippen LogP contribution is -2.53. The maximum absolute atomic E-state index is 12.2. The summed E-state index contributed by atoms with van der Waals surface area (Å²) in [4.78, 5) is 28.6. The van der Waals surface area contributed by atoms with Gasteiger partial charge in [-0.1, -0.05) is 6.92 Å². The van der Waals surface area contributed by atoms with Gasteiger partial charge in [0.2, 0.25) is 5.91 Å². The van der Waals surface area contributed by atoms with Crippen molar-refractivity contribution in [2.75, 3.05) is 39.3 Å². The smallest absolute Gasteiger partial charge is 0.321 e. The average Bonchev–Trinajstić information content (AvgIpc) is 2.56. The van der Waals surface area contributed by atoms with Gasteiger partial charge in [-0.3, -0.25) is 15.0 Å². The number of likely N-dealkylation sites (tertiary alicyclic amines) is 2. The number of piperidine rings is 2. The fourth-order valence-electron chi connectivity index (χ4n) is 3.79. The van der Waals surface area contributed by atoms with Crippen molar-refractivity contribution in [2.45, 2.75) is 52.5 Å². The Morgan fingerprint density at radius 1 is 1.17 bits per heavy atom. The summed E-state index contributed by atoms with van der Waals surface area (Å²) < 4.78 is 0.